The Morgan fingerprint density at radius 3 is 2.83 bits per heavy atom. The van der Waals surface area contributed by atoms with Crippen LogP contribution in [0.2, 0.25) is 5.02 Å². The second-order valence-corrected chi connectivity index (χ2v) is 6.02. The summed E-state index contributed by atoms with van der Waals surface area (Å²) in [4.78, 5) is 0. The minimum absolute atomic E-state index is 0.356. The van der Waals surface area contributed by atoms with Crippen LogP contribution in [-0.2, 0) is 7.05 Å². The molecule has 0 saturated heterocycles. The number of aromatic nitrogens is 2. The van der Waals surface area contributed by atoms with E-state index in [4.69, 9.17) is 11.6 Å². The predicted molar refractivity (Wildman–Crippen MR) is 75.8 cm³/mol. The first kappa shape index (κ1) is 13.9. The minimum Gasteiger partial charge on any atom is -0.308 e. The first-order valence-electron chi connectivity index (χ1n) is 7.04. The van der Waals surface area contributed by atoms with Crippen molar-refractivity contribution in [2.75, 3.05) is 6.54 Å². The molecule has 4 heteroatoms. The summed E-state index contributed by atoms with van der Waals surface area (Å²) in [5.74, 6) is 1.53. The molecule has 1 N–H and O–H groups in total. The summed E-state index contributed by atoms with van der Waals surface area (Å²) in [5, 5.41) is 8.75. The van der Waals surface area contributed by atoms with Crippen molar-refractivity contribution in [3.8, 4) is 0 Å². The first-order chi connectivity index (χ1) is 8.63. The van der Waals surface area contributed by atoms with E-state index < -0.39 is 0 Å². The topological polar surface area (TPSA) is 29.9 Å². The Morgan fingerprint density at radius 2 is 2.33 bits per heavy atom. The highest BCUT2D eigenvalue weighted by Crippen LogP contribution is 2.40. The van der Waals surface area contributed by atoms with Gasteiger partial charge in [-0.25, -0.2) is 0 Å². The average Bonchev–Trinajstić information content (AvgIpc) is 2.90. The summed E-state index contributed by atoms with van der Waals surface area (Å²) in [5.41, 5.74) is 1.16. The van der Waals surface area contributed by atoms with Gasteiger partial charge in [0.25, 0.3) is 0 Å². The van der Waals surface area contributed by atoms with Gasteiger partial charge in [0, 0.05) is 7.05 Å². The zero-order chi connectivity index (χ0) is 13.1. The number of hydrogen-bond donors (Lipinski definition) is 1. The molecule has 0 aromatic carbocycles. The van der Waals surface area contributed by atoms with E-state index in [9.17, 15) is 0 Å². The van der Waals surface area contributed by atoms with Gasteiger partial charge in [-0.2, -0.15) is 5.10 Å². The maximum Gasteiger partial charge on any atom is 0.0834 e. The fourth-order valence-corrected chi connectivity index (χ4v) is 3.39. The Bertz CT molecular complexity index is 369. The molecule has 3 atom stereocenters. The summed E-state index contributed by atoms with van der Waals surface area (Å²) < 4.78 is 1.93. The molecule has 1 saturated carbocycles. The first-order valence-corrected chi connectivity index (χ1v) is 7.42. The largest absolute Gasteiger partial charge is 0.308 e. The van der Waals surface area contributed by atoms with Gasteiger partial charge in [0.15, 0.2) is 0 Å². The van der Waals surface area contributed by atoms with Crippen LogP contribution in [-0.4, -0.2) is 16.3 Å². The van der Waals surface area contributed by atoms with Gasteiger partial charge in [0.1, 0.15) is 0 Å². The highest BCUT2D eigenvalue weighted by Gasteiger charge is 2.32. The lowest BCUT2D eigenvalue weighted by Gasteiger charge is -2.25. The van der Waals surface area contributed by atoms with Crippen LogP contribution in [0.3, 0.4) is 0 Å². The molecular weight excluding hydrogens is 246 g/mol. The SMILES string of the molecule is CCCNC(c1c(Cl)cnn1C)C1CCC(C)C1. The number of nitrogens with zero attached hydrogens (tertiary/aromatic N) is 2. The van der Waals surface area contributed by atoms with E-state index in [-0.39, 0.29) is 0 Å². The van der Waals surface area contributed by atoms with Crippen LogP contribution < -0.4 is 5.32 Å². The lowest BCUT2D eigenvalue weighted by atomic mass is 9.94. The average molecular weight is 270 g/mol. The molecule has 0 bridgehead atoms. The molecule has 0 amide bonds. The summed E-state index contributed by atoms with van der Waals surface area (Å²) >= 11 is 6.31. The number of hydrogen-bond acceptors (Lipinski definition) is 2. The highest BCUT2D eigenvalue weighted by atomic mass is 35.5. The van der Waals surface area contributed by atoms with Crippen LogP contribution in [0.1, 0.15) is 51.3 Å². The molecule has 0 aliphatic heterocycles. The molecule has 1 fully saturated rings. The van der Waals surface area contributed by atoms with Crippen molar-refractivity contribution < 1.29 is 0 Å². The Labute approximate surface area is 115 Å². The van der Waals surface area contributed by atoms with Gasteiger partial charge in [0.2, 0.25) is 0 Å². The summed E-state index contributed by atoms with van der Waals surface area (Å²) in [6.07, 6.45) is 6.83. The molecule has 1 heterocycles. The van der Waals surface area contributed by atoms with Gasteiger partial charge >= 0.3 is 0 Å². The van der Waals surface area contributed by atoms with Crippen molar-refractivity contribution in [1.29, 1.82) is 0 Å². The third-order valence-electron chi connectivity index (χ3n) is 4.05. The Hall–Kier alpha value is -0.540. The fourth-order valence-electron chi connectivity index (χ4n) is 3.11. The van der Waals surface area contributed by atoms with E-state index in [0.29, 0.717) is 12.0 Å². The summed E-state index contributed by atoms with van der Waals surface area (Å²) in [6.45, 7) is 5.59. The quantitative estimate of drug-likeness (QED) is 0.886. The number of aryl methyl sites for hydroxylation is 1. The summed E-state index contributed by atoms with van der Waals surface area (Å²) in [7, 11) is 1.99. The van der Waals surface area contributed by atoms with Gasteiger partial charge in [-0.1, -0.05) is 31.9 Å². The van der Waals surface area contributed by atoms with Crippen LogP contribution in [0.4, 0.5) is 0 Å². The molecule has 2 rings (SSSR count). The molecule has 1 aromatic rings. The second-order valence-electron chi connectivity index (χ2n) is 5.61. The highest BCUT2D eigenvalue weighted by molar-refractivity contribution is 6.31. The van der Waals surface area contributed by atoms with Crippen molar-refractivity contribution in [1.82, 2.24) is 15.1 Å². The van der Waals surface area contributed by atoms with Gasteiger partial charge in [0.05, 0.1) is 23.0 Å². The minimum atomic E-state index is 0.356. The smallest absolute Gasteiger partial charge is 0.0834 e. The third kappa shape index (κ3) is 2.89. The van der Waals surface area contributed by atoms with Crippen LogP contribution in [0.5, 0.6) is 0 Å². The Kier molecular flexibility index (Phi) is 4.68. The van der Waals surface area contributed by atoms with E-state index in [1.165, 1.54) is 19.3 Å². The van der Waals surface area contributed by atoms with Crippen molar-refractivity contribution in [2.45, 2.75) is 45.6 Å². The van der Waals surface area contributed by atoms with Gasteiger partial charge in [-0.15, -0.1) is 0 Å². The molecule has 0 spiro atoms. The maximum atomic E-state index is 6.31. The van der Waals surface area contributed by atoms with Crippen LogP contribution in [0.15, 0.2) is 6.20 Å². The predicted octanol–water partition coefficient (Wildman–Crippen LogP) is 3.55. The van der Waals surface area contributed by atoms with Gasteiger partial charge in [-0.05, 0) is 37.6 Å². The third-order valence-corrected chi connectivity index (χ3v) is 4.34. The fraction of sp³-hybridized carbons (Fsp3) is 0.786. The molecule has 3 nitrogen and oxygen atoms in total. The van der Waals surface area contributed by atoms with Crippen molar-refractivity contribution in [2.24, 2.45) is 18.9 Å². The molecule has 0 radical (unpaired) electrons. The maximum absolute atomic E-state index is 6.31. The van der Waals surface area contributed by atoms with Crippen molar-refractivity contribution in [3.63, 3.8) is 0 Å². The van der Waals surface area contributed by atoms with E-state index in [2.05, 4.69) is 24.3 Å². The normalized spacial score (nSPS) is 25.6. The Morgan fingerprint density at radius 1 is 1.56 bits per heavy atom. The summed E-state index contributed by atoms with van der Waals surface area (Å²) in [6, 6.07) is 0.356. The number of rotatable bonds is 5. The van der Waals surface area contributed by atoms with E-state index in [1.54, 1.807) is 6.20 Å². The van der Waals surface area contributed by atoms with Crippen molar-refractivity contribution in [3.05, 3.63) is 16.9 Å². The van der Waals surface area contributed by atoms with E-state index in [1.807, 2.05) is 11.7 Å². The van der Waals surface area contributed by atoms with Crippen molar-refractivity contribution >= 4 is 11.6 Å². The standard InChI is InChI=1S/C14H24ClN3/c1-4-7-16-13(11-6-5-10(2)8-11)14-12(15)9-17-18(14)3/h9-11,13,16H,4-8H2,1-3H3. The lowest BCUT2D eigenvalue weighted by Crippen LogP contribution is -2.30. The number of nitrogens with one attached hydrogen (secondary N) is 1. The Balaban J connectivity index is 2.19. The molecule has 18 heavy (non-hydrogen) atoms. The monoisotopic (exact) mass is 269 g/mol. The van der Waals surface area contributed by atoms with Gasteiger partial charge in [-0.3, -0.25) is 4.68 Å². The molecule has 1 aliphatic carbocycles. The molecule has 3 unspecified atom stereocenters. The molecule has 1 aliphatic rings. The molecule has 1 aromatic heterocycles. The van der Waals surface area contributed by atoms with Crippen LogP contribution in [0, 0.1) is 11.8 Å². The van der Waals surface area contributed by atoms with E-state index >= 15 is 0 Å². The van der Waals surface area contributed by atoms with Gasteiger partial charge < -0.3 is 5.32 Å². The van der Waals surface area contributed by atoms with Crippen LogP contribution in [0.25, 0.3) is 0 Å². The molecule has 102 valence electrons. The zero-order valence-electron chi connectivity index (χ0n) is 11.6. The molecular formula is C14H24ClN3. The zero-order valence-corrected chi connectivity index (χ0v) is 12.4. The lowest BCUT2D eigenvalue weighted by molar-refractivity contribution is 0.343. The van der Waals surface area contributed by atoms with Crippen LogP contribution >= 0.6 is 11.6 Å². The number of halogens is 1. The van der Waals surface area contributed by atoms with E-state index in [0.717, 1.165) is 29.6 Å². The second kappa shape index (κ2) is 6.07.